The Morgan fingerprint density at radius 1 is 1.00 bits per heavy atom. The zero-order chi connectivity index (χ0) is 13.3. The lowest BCUT2D eigenvalue weighted by molar-refractivity contribution is -0.228. The van der Waals surface area contributed by atoms with E-state index >= 15 is 0 Å². The highest BCUT2D eigenvalue weighted by atomic mass is 16.8. The van der Waals surface area contributed by atoms with Gasteiger partial charge in [-0.15, -0.1) is 0 Å². The Morgan fingerprint density at radius 3 is 1.65 bits per heavy atom. The zero-order valence-electron chi connectivity index (χ0n) is 9.88. The number of hydrogen-bond donors (Lipinski definition) is 0. The SMILES string of the molecule is C=CC(=O)OC(C)OCOC(C)OC(=O)C=C. The van der Waals surface area contributed by atoms with Gasteiger partial charge in [0.25, 0.3) is 0 Å². The standard InChI is InChI=1S/C11H16O6/c1-5-10(12)16-8(3)14-7-15-9(4)17-11(13)6-2/h5-6,8-9H,1-2,7H2,3-4H3. The largest absolute Gasteiger partial charge is 0.433 e. The van der Waals surface area contributed by atoms with Crippen LogP contribution >= 0.6 is 0 Å². The van der Waals surface area contributed by atoms with Crippen molar-refractivity contribution in [3.63, 3.8) is 0 Å². The van der Waals surface area contributed by atoms with Gasteiger partial charge >= 0.3 is 11.9 Å². The Kier molecular flexibility index (Phi) is 7.66. The van der Waals surface area contributed by atoms with Crippen LogP contribution in [-0.4, -0.2) is 31.3 Å². The van der Waals surface area contributed by atoms with E-state index in [1.807, 2.05) is 0 Å². The van der Waals surface area contributed by atoms with Crippen LogP contribution in [0.3, 0.4) is 0 Å². The molecule has 6 nitrogen and oxygen atoms in total. The molecule has 96 valence electrons. The average molecular weight is 244 g/mol. The summed E-state index contributed by atoms with van der Waals surface area (Å²) in [5.41, 5.74) is 0. The molecule has 2 atom stereocenters. The molecular weight excluding hydrogens is 228 g/mol. The van der Waals surface area contributed by atoms with Crippen LogP contribution < -0.4 is 0 Å². The van der Waals surface area contributed by atoms with Crippen molar-refractivity contribution in [3.05, 3.63) is 25.3 Å². The Morgan fingerprint density at radius 2 is 1.35 bits per heavy atom. The molecule has 0 heterocycles. The smallest absolute Gasteiger partial charge is 0.332 e. The first-order valence-corrected chi connectivity index (χ1v) is 4.89. The summed E-state index contributed by atoms with van der Waals surface area (Å²) in [6, 6.07) is 0. The van der Waals surface area contributed by atoms with Gasteiger partial charge in [-0.25, -0.2) is 9.59 Å². The van der Waals surface area contributed by atoms with E-state index in [9.17, 15) is 9.59 Å². The number of carbonyl (C=O) groups is 2. The first kappa shape index (κ1) is 15.3. The highest BCUT2D eigenvalue weighted by Gasteiger charge is 2.09. The molecule has 6 heteroatoms. The molecule has 2 unspecified atom stereocenters. The van der Waals surface area contributed by atoms with Gasteiger partial charge in [0.05, 0.1) is 0 Å². The Bertz CT molecular complexity index is 258. The number of carbonyl (C=O) groups excluding carboxylic acids is 2. The maximum Gasteiger partial charge on any atom is 0.332 e. The number of esters is 2. The fraction of sp³-hybridized carbons (Fsp3) is 0.455. The number of rotatable bonds is 8. The van der Waals surface area contributed by atoms with Gasteiger partial charge in [0.15, 0.2) is 6.79 Å². The van der Waals surface area contributed by atoms with E-state index in [2.05, 4.69) is 13.2 Å². The molecule has 0 aliphatic carbocycles. The molecular formula is C11H16O6. The molecule has 0 saturated heterocycles. The molecule has 0 aliphatic rings. The zero-order valence-corrected chi connectivity index (χ0v) is 9.88. The summed E-state index contributed by atoms with van der Waals surface area (Å²) in [4.78, 5) is 21.5. The van der Waals surface area contributed by atoms with Crippen molar-refractivity contribution >= 4 is 11.9 Å². The maximum absolute atomic E-state index is 10.8. The second-order valence-electron chi connectivity index (χ2n) is 2.87. The molecule has 0 aromatic heterocycles. The monoisotopic (exact) mass is 244 g/mol. The lowest BCUT2D eigenvalue weighted by atomic mass is 10.6. The minimum Gasteiger partial charge on any atom is -0.433 e. The molecule has 0 aromatic rings. The second-order valence-corrected chi connectivity index (χ2v) is 2.87. The minimum atomic E-state index is -0.775. The topological polar surface area (TPSA) is 71.1 Å². The molecule has 0 aliphatic heterocycles. The van der Waals surface area contributed by atoms with Gasteiger partial charge in [-0.2, -0.15) is 0 Å². The van der Waals surface area contributed by atoms with E-state index < -0.39 is 24.5 Å². The van der Waals surface area contributed by atoms with Gasteiger partial charge in [-0.05, 0) is 13.8 Å². The van der Waals surface area contributed by atoms with Gasteiger partial charge in [0.2, 0.25) is 12.6 Å². The summed E-state index contributed by atoms with van der Waals surface area (Å²) in [7, 11) is 0. The summed E-state index contributed by atoms with van der Waals surface area (Å²) in [6.45, 7) is 9.33. The molecule has 0 saturated carbocycles. The molecule has 17 heavy (non-hydrogen) atoms. The highest BCUT2D eigenvalue weighted by molar-refractivity contribution is 5.81. The summed E-state index contributed by atoms with van der Waals surface area (Å²) >= 11 is 0. The lowest BCUT2D eigenvalue weighted by Crippen LogP contribution is -2.22. The molecule has 0 radical (unpaired) electrons. The van der Waals surface area contributed by atoms with Crippen molar-refractivity contribution < 1.29 is 28.5 Å². The fourth-order valence-electron chi connectivity index (χ4n) is 0.722. The van der Waals surface area contributed by atoms with Crippen LogP contribution in [0.2, 0.25) is 0 Å². The number of hydrogen-bond acceptors (Lipinski definition) is 6. The highest BCUT2D eigenvalue weighted by Crippen LogP contribution is 1.99. The van der Waals surface area contributed by atoms with Gasteiger partial charge in [0.1, 0.15) is 0 Å². The first-order valence-electron chi connectivity index (χ1n) is 4.89. The fourth-order valence-corrected chi connectivity index (χ4v) is 0.722. The van der Waals surface area contributed by atoms with Crippen molar-refractivity contribution in [3.8, 4) is 0 Å². The molecule has 0 amide bonds. The Balaban J connectivity index is 3.68. The van der Waals surface area contributed by atoms with E-state index in [-0.39, 0.29) is 6.79 Å². The number of ether oxygens (including phenoxy) is 4. The second kappa shape index (κ2) is 8.49. The van der Waals surface area contributed by atoms with Gasteiger partial charge in [-0.1, -0.05) is 13.2 Å². The normalized spacial score (nSPS) is 13.3. The quantitative estimate of drug-likeness (QED) is 0.362. The van der Waals surface area contributed by atoms with Crippen molar-refractivity contribution in [2.24, 2.45) is 0 Å². The van der Waals surface area contributed by atoms with E-state index in [0.29, 0.717) is 0 Å². The van der Waals surface area contributed by atoms with Crippen molar-refractivity contribution in [1.82, 2.24) is 0 Å². The van der Waals surface area contributed by atoms with Gasteiger partial charge in [0, 0.05) is 12.2 Å². The summed E-state index contributed by atoms with van der Waals surface area (Å²) < 4.78 is 19.3. The Labute approximate surface area is 99.8 Å². The van der Waals surface area contributed by atoms with Crippen LogP contribution in [0.15, 0.2) is 25.3 Å². The van der Waals surface area contributed by atoms with Crippen molar-refractivity contribution in [2.75, 3.05) is 6.79 Å². The first-order chi connectivity index (χ1) is 7.99. The van der Waals surface area contributed by atoms with Crippen LogP contribution in [-0.2, 0) is 28.5 Å². The Hall–Kier alpha value is -1.66. The maximum atomic E-state index is 10.8. The summed E-state index contributed by atoms with van der Waals surface area (Å²) in [5, 5.41) is 0. The molecule has 0 bridgehead atoms. The summed E-state index contributed by atoms with van der Waals surface area (Å²) in [6.07, 6.45) is 0.496. The van der Waals surface area contributed by atoms with E-state index in [0.717, 1.165) is 12.2 Å². The molecule has 0 fully saturated rings. The lowest BCUT2D eigenvalue weighted by Gasteiger charge is -2.16. The van der Waals surface area contributed by atoms with Crippen LogP contribution in [0, 0.1) is 0 Å². The molecule has 0 spiro atoms. The van der Waals surface area contributed by atoms with Gasteiger partial charge < -0.3 is 18.9 Å². The van der Waals surface area contributed by atoms with E-state index in [1.165, 1.54) is 13.8 Å². The third-order valence-electron chi connectivity index (χ3n) is 1.50. The third kappa shape index (κ3) is 8.18. The third-order valence-corrected chi connectivity index (χ3v) is 1.50. The van der Waals surface area contributed by atoms with Crippen LogP contribution in [0.5, 0.6) is 0 Å². The minimum absolute atomic E-state index is 0.183. The van der Waals surface area contributed by atoms with Crippen LogP contribution in [0.4, 0.5) is 0 Å². The van der Waals surface area contributed by atoms with E-state index in [1.54, 1.807) is 0 Å². The summed E-state index contributed by atoms with van der Waals surface area (Å²) in [5.74, 6) is -1.19. The molecule has 0 rings (SSSR count). The van der Waals surface area contributed by atoms with Gasteiger partial charge in [-0.3, -0.25) is 0 Å². The molecule has 0 N–H and O–H groups in total. The van der Waals surface area contributed by atoms with E-state index in [4.69, 9.17) is 18.9 Å². The van der Waals surface area contributed by atoms with Crippen LogP contribution in [0.25, 0.3) is 0 Å². The predicted octanol–water partition coefficient (Wildman–Crippen LogP) is 1.13. The average Bonchev–Trinajstić information content (AvgIpc) is 2.28. The van der Waals surface area contributed by atoms with Crippen molar-refractivity contribution in [1.29, 1.82) is 0 Å². The van der Waals surface area contributed by atoms with Crippen LogP contribution in [0.1, 0.15) is 13.8 Å². The van der Waals surface area contributed by atoms with Crippen molar-refractivity contribution in [2.45, 2.75) is 26.4 Å². The predicted molar refractivity (Wildman–Crippen MR) is 58.5 cm³/mol. The molecule has 0 aromatic carbocycles.